The smallest absolute Gasteiger partial charge is 0.135 e. The molecule has 9 rings (SSSR count). The van der Waals surface area contributed by atoms with Crippen LogP contribution in [0.5, 0.6) is 11.5 Å². The van der Waals surface area contributed by atoms with E-state index in [1.165, 1.54) is 17.7 Å². The number of fused-ring (bicyclic) bond motifs is 4. The molecule has 0 N–H and O–H groups in total. The summed E-state index contributed by atoms with van der Waals surface area (Å²) in [5.41, 5.74) is 9.04. The number of rotatable bonds is 8. The van der Waals surface area contributed by atoms with Gasteiger partial charge in [0.05, 0.1) is 0 Å². The van der Waals surface area contributed by atoms with Gasteiger partial charge in [0.15, 0.2) is 0 Å². The second kappa shape index (κ2) is 14.6. The van der Waals surface area contributed by atoms with Gasteiger partial charge in [-0.1, -0.05) is 87.0 Å². The van der Waals surface area contributed by atoms with Gasteiger partial charge in [0.2, 0.25) is 0 Å². The first-order chi connectivity index (χ1) is 26.2. The maximum atomic E-state index is 14.5. The van der Waals surface area contributed by atoms with Crippen molar-refractivity contribution < 1.29 is 31.6 Å². The van der Waals surface area contributed by atoms with Crippen molar-refractivity contribution in [2.45, 2.75) is 33.1 Å². The maximum absolute atomic E-state index is 14.5. The molecular formula is C47H36FN4OPt-3. The molecule has 0 spiro atoms. The van der Waals surface area contributed by atoms with E-state index in [2.05, 4.69) is 54.0 Å². The molecule has 0 saturated heterocycles. The van der Waals surface area contributed by atoms with E-state index >= 15 is 0 Å². The van der Waals surface area contributed by atoms with Crippen molar-refractivity contribution in [1.29, 1.82) is 0 Å². The fourth-order valence-electron chi connectivity index (χ4n) is 7.27. The van der Waals surface area contributed by atoms with Crippen LogP contribution in [-0.2, 0) is 27.5 Å². The minimum Gasteiger partial charge on any atom is -0.509 e. The van der Waals surface area contributed by atoms with Crippen molar-refractivity contribution in [1.82, 2.24) is 9.55 Å². The minimum absolute atomic E-state index is 0. The number of halogens is 1. The first-order valence-corrected chi connectivity index (χ1v) is 17.8. The second-order valence-electron chi connectivity index (χ2n) is 13.4. The number of aromatic nitrogens is 2. The van der Waals surface area contributed by atoms with Gasteiger partial charge in [-0.25, -0.2) is 9.37 Å². The van der Waals surface area contributed by atoms with Crippen LogP contribution in [-0.4, -0.2) is 9.55 Å². The fraction of sp³-hybridized carbons (Fsp3) is 0.106. The normalized spacial score (nSPS) is 12.9. The molecule has 5 nitrogen and oxygen atoms in total. The third-order valence-corrected chi connectivity index (χ3v) is 9.81. The topological polar surface area (TPSA) is 33.5 Å². The number of hydrogen-bond donors (Lipinski definition) is 0. The largest absolute Gasteiger partial charge is 0.509 e. The Labute approximate surface area is 330 Å². The van der Waals surface area contributed by atoms with Crippen molar-refractivity contribution in [2.75, 3.05) is 9.80 Å². The van der Waals surface area contributed by atoms with Gasteiger partial charge >= 0.3 is 0 Å². The SMILES string of the molecule is [2H]C(C)(C)c1ccccc1-c1cc(Oc2[c-]c3c(cc2)c2ccccc2n3-c2cc(CC)ccn2)[c-]c(N2[CH-]N(c3cccc(F)c3)c3ccccc32)c1.[Pt]. The number of ether oxygens (including phenoxy) is 1. The van der Waals surface area contributed by atoms with E-state index < -0.39 is 5.89 Å². The van der Waals surface area contributed by atoms with E-state index in [0.29, 0.717) is 17.2 Å². The standard InChI is InChI=1S/C47H36FN4O.Pt/c1-4-32-22-23-49-47(24-32)52-43-17-8-7-16-41(43)42-21-20-37(29-46(42)52)53-38-26-33(40-15-6-5-14-39(40)31(2)3)25-36(28-38)51-30-50(35-13-11-12-34(48)27-35)44-18-9-10-19-45(44)51;/h5-27,30-31H,4H2,1-3H3;/q-3;/i31D;. The van der Waals surface area contributed by atoms with Gasteiger partial charge in [-0.05, 0) is 82.9 Å². The van der Waals surface area contributed by atoms with Gasteiger partial charge in [-0.3, -0.25) is 0 Å². The second-order valence-corrected chi connectivity index (χ2v) is 13.4. The summed E-state index contributed by atoms with van der Waals surface area (Å²) in [6.07, 6.45) is 2.76. The third kappa shape index (κ3) is 6.35. The van der Waals surface area contributed by atoms with Gasteiger partial charge in [-0.15, -0.1) is 53.6 Å². The summed E-state index contributed by atoms with van der Waals surface area (Å²) in [5, 5.41) is 2.16. The molecule has 0 amide bonds. The van der Waals surface area contributed by atoms with E-state index in [9.17, 15) is 4.39 Å². The molecule has 8 aromatic rings. The van der Waals surface area contributed by atoms with Crippen molar-refractivity contribution in [3.63, 3.8) is 0 Å². The average molecular weight is 888 g/mol. The Bertz CT molecular complexity index is 2700. The molecule has 6 aromatic carbocycles. The monoisotopic (exact) mass is 887 g/mol. The quantitative estimate of drug-likeness (QED) is 0.142. The van der Waals surface area contributed by atoms with E-state index in [1.54, 1.807) is 6.07 Å². The van der Waals surface area contributed by atoms with Crippen LogP contribution in [0.2, 0.25) is 0 Å². The van der Waals surface area contributed by atoms with Crippen LogP contribution in [0.4, 0.5) is 27.1 Å². The summed E-state index contributed by atoms with van der Waals surface area (Å²) in [7, 11) is 0. The van der Waals surface area contributed by atoms with Crippen LogP contribution in [0.25, 0.3) is 38.8 Å². The Kier molecular flexibility index (Phi) is 9.22. The average Bonchev–Trinajstić information content (AvgIpc) is 3.74. The molecule has 2 aromatic heterocycles. The minimum atomic E-state index is -0.854. The molecule has 0 atom stereocenters. The predicted octanol–water partition coefficient (Wildman–Crippen LogP) is 12.5. The molecular weight excluding hydrogens is 851 g/mol. The van der Waals surface area contributed by atoms with Gasteiger partial charge in [0.25, 0.3) is 0 Å². The van der Waals surface area contributed by atoms with E-state index in [0.717, 1.165) is 67.8 Å². The Morgan fingerprint density at radius 3 is 2.37 bits per heavy atom. The first kappa shape index (κ1) is 34.1. The van der Waals surface area contributed by atoms with Crippen LogP contribution in [0.1, 0.15) is 39.2 Å². The summed E-state index contributed by atoms with van der Waals surface area (Å²) in [6, 6.07) is 50.3. The van der Waals surface area contributed by atoms with Crippen molar-refractivity contribution in [3.05, 3.63) is 175 Å². The number of para-hydroxylation sites is 3. The van der Waals surface area contributed by atoms with Gasteiger partial charge in [0.1, 0.15) is 11.6 Å². The Morgan fingerprint density at radius 1 is 0.778 bits per heavy atom. The molecule has 3 heterocycles. The molecule has 0 unspecified atom stereocenters. The van der Waals surface area contributed by atoms with Gasteiger partial charge in [-0.2, -0.15) is 6.07 Å². The number of aryl methyl sites for hydroxylation is 1. The summed E-state index contributed by atoms with van der Waals surface area (Å²) in [5.74, 6) is 0.674. The molecule has 0 radical (unpaired) electrons. The maximum Gasteiger partial charge on any atom is 0.135 e. The Balaban J connectivity index is 0.00000427. The number of anilines is 4. The van der Waals surface area contributed by atoms with Gasteiger partial charge < -0.3 is 19.1 Å². The summed E-state index contributed by atoms with van der Waals surface area (Å²) < 4.78 is 32.3. The van der Waals surface area contributed by atoms with E-state index in [1.807, 2.05) is 121 Å². The first-order valence-electron chi connectivity index (χ1n) is 18.3. The number of hydrogen-bond acceptors (Lipinski definition) is 4. The molecule has 0 saturated carbocycles. The van der Waals surface area contributed by atoms with Crippen molar-refractivity contribution >= 4 is 44.6 Å². The zero-order chi connectivity index (χ0) is 37.0. The van der Waals surface area contributed by atoms with Crippen molar-refractivity contribution in [2.24, 2.45) is 0 Å². The number of nitrogens with zero attached hydrogens (tertiary/aromatic N) is 4. The van der Waals surface area contributed by atoms with E-state index in [4.69, 9.17) is 11.1 Å². The molecule has 54 heavy (non-hydrogen) atoms. The predicted molar refractivity (Wildman–Crippen MR) is 213 cm³/mol. The van der Waals surface area contributed by atoms with Crippen LogP contribution in [0.15, 0.2) is 140 Å². The zero-order valence-corrected chi connectivity index (χ0v) is 32.2. The molecule has 7 heteroatoms. The number of benzene rings is 6. The Morgan fingerprint density at radius 2 is 1.56 bits per heavy atom. The third-order valence-electron chi connectivity index (χ3n) is 9.81. The van der Waals surface area contributed by atoms with Crippen LogP contribution in [0, 0.1) is 24.6 Å². The van der Waals surface area contributed by atoms with Crippen LogP contribution >= 0.6 is 0 Å². The van der Waals surface area contributed by atoms with E-state index in [-0.39, 0.29) is 26.9 Å². The molecule has 0 aliphatic carbocycles. The summed E-state index contributed by atoms with van der Waals surface area (Å²) in [4.78, 5) is 8.79. The fourth-order valence-corrected chi connectivity index (χ4v) is 7.27. The molecule has 1 aliphatic rings. The van der Waals surface area contributed by atoms with Gasteiger partial charge in [0, 0.05) is 62.7 Å². The van der Waals surface area contributed by atoms with Crippen molar-refractivity contribution in [3.8, 4) is 28.4 Å². The molecule has 0 bridgehead atoms. The van der Waals surface area contributed by atoms with Crippen LogP contribution < -0.4 is 14.5 Å². The molecule has 1 aliphatic heterocycles. The summed E-state index contributed by atoms with van der Waals surface area (Å²) >= 11 is 0. The number of pyridine rings is 1. The zero-order valence-electron chi connectivity index (χ0n) is 31.0. The van der Waals surface area contributed by atoms with Crippen LogP contribution in [0.3, 0.4) is 0 Å². The summed E-state index contributed by atoms with van der Waals surface area (Å²) in [6.45, 7) is 7.89. The Hall–Kier alpha value is -5.71. The molecule has 0 fully saturated rings. The molecule has 270 valence electrons.